The highest BCUT2D eigenvalue weighted by molar-refractivity contribution is 6.33. The second-order valence-electron chi connectivity index (χ2n) is 2.70. The predicted molar refractivity (Wildman–Crippen MR) is 59.3 cm³/mol. The van der Waals surface area contributed by atoms with Crippen molar-refractivity contribution in [3.63, 3.8) is 0 Å². The van der Waals surface area contributed by atoms with Crippen LogP contribution in [0.15, 0.2) is 18.2 Å². The van der Waals surface area contributed by atoms with Crippen LogP contribution in [0.5, 0.6) is 11.5 Å². The molecule has 0 atom stereocenters. The maximum absolute atomic E-state index is 6.12. The number of allylic oxidation sites excluding steroid dienone is 1. The minimum absolute atomic E-state index is 0.574. The fourth-order valence-corrected chi connectivity index (χ4v) is 1.51. The van der Waals surface area contributed by atoms with Crippen molar-refractivity contribution in [1.82, 2.24) is 0 Å². The summed E-state index contributed by atoms with van der Waals surface area (Å²) in [5.41, 5.74) is 0.923. The highest BCUT2D eigenvalue weighted by Gasteiger charge is 2.10. The molecule has 0 heterocycles. The first-order valence-electron chi connectivity index (χ1n) is 4.27. The average molecular weight is 213 g/mol. The van der Waals surface area contributed by atoms with Crippen LogP contribution in [-0.2, 0) is 0 Å². The highest BCUT2D eigenvalue weighted by Crippen LogP contribution is 2.37. The second-order valence-corrected chi connectivity index (χ2v) is 3.08. The summed E-state index contributed by atoms with van der Waals surface area (Å²) < 4.78 is 10.3. The van der Waals surface area contributed by atoms with Crippen molar-refractivity contribution >= 4 is 17.7 Å². The first-order valence-corrected chi connectivity index (χ1v) is 4.65. The predicted octanol–water partition coefficient (Wildman–Crippen LogP) is 3.39. The topological polar surface area (TPSA) is 18.5 Å². The minimum Gasteiger partial charge on any atom is -0.493 e. The van der Waals surface area contributed by atoms with Gasteiger partial charge in [0.05, 0.1) is 19.2 Å². The Morgan fingerprint density at radius 3 is 2.43 bits per heavy atom. The monoisotopic (exact) mass is 212 g/mol. The van der Waals surface area contributed by atoms with Gasteiger partial charge in [0.25, 0.3) is 0 Å². The zero-order chi connectivity index (χ0) is 10.6. The van der Waals surface area contributed by atoms with Gasteiger partial charge in [-0.3, -0.25) is 0 Å². The van der Waals surface area contributed by atoms with E-state index in [1.54, 1.807) is 14.2 Å². The molecule has 0 aromatic heterocycles. The molecular weight excluding hydrogens is 200 g/mol. The van der Waals surface area contributed by atoms with Gasteiger partial charge in [0.15, 0.2) is 11.5 Å². The van der Waals surface area contributed by atoms with E-state index < -0.39 is 0 Å². The van der Waals surface area contributed by atoms with Crippen LogP contribution >= 0.6 is 11.6 Å². The maximum Gasteiger partial charge on any atom is 0.179 e. The van der Waals surface area contributed by atoms with E-state index >= 15 is 0 Å². The van der Waals surface area contributed by atoms with Gasteiger partial charge in [-0.15, -0.1) is 0 Å². The molecule has 0 aliphatic rings. The van der Waals surface area contributed by atoms with E-state index in [4.69, 9.17) is 21.1 Å². The van der Waals surface area contributed by atoms with E-state index in [2.05, 4.69) is 0 Å². The third-order valence-corrected chi connectivity index (χ3v) is 2.25. The molecule has 0 aliphatic heterocycles. The standard InChI is InChI=1S/C11H13ClO2/c1-4-5-8-6-7-9(13-2)11(14-3)10(8)12/h4-7H,1-3H3/b5-4+. The van der Waals surface area contributed by atoms with Crippen LogP contribution in [0.3, 0.4) is 0 Å². The van der Waals surface area contributed by atoms with Crippen molar-refractivity contribution in [3.8, 4) is 11.5 Å². The molecule has 0 saturated carbocycles. The largest absolute Gasteiger partial charge is 0.493 e. The maximum atomic E-state index is 6.12. The summed E-state index contributed by atoms with van der Waals surface area (Å²) in [6.07, 6.45) is 3.84. The molecule has 0 spiro atoms. The number of rotatable bonds is 3. The zero-order valence-electron chi connectivity index (χ0n) is 8.50. The molecule has 0 N–H and O–H groups in total. The van der Waals surface area contributed by atoms with Crippen LogP contribution in [-0.4, -0.2) is 14.2 Å². The molecular formula is C11H13ClO2. The Balaban J connectivity index is 3.27. The number of hydrogen-bond acceptors (Lipinski definition) is 2. The average Bonchev–Trinajstić information content (AvgIpc) is 2.21. The smallest absolute Gasteiger partial charge is 0.179 e. The Morgan fingerprint density at radius 2 is 1.93 bits per heavy atom. The molecule has 1 aromatic rings. The van der Waals surface area contributed by atoms with E-state index in [9.17, 15) is 0 Å². The van der Waals surface area contributed by atoms with Gasteiger partial charge in [0.1, 0.15) is 0 Å². The number of methoxy groups -OCH3 is 2. The summed E-state index contributed by atoms with van der Waals surface area (Å²) >= 11 is 6.12. The van der Waals surface area contributed by atoms with E-state index in [1.165, 1.54) is 0 Å². The Labute approximate surface area is 89.1 Å². The molecule has 0 bridgehead atoms. The summed E-state index contributed by atoms with van der Waals surface area (Å²) in [7, 11) is 3.16. The summed E-state index contributed by atoms with van der Waals surface area (Å²) in [6, 6.07) is 3.73. The third kappa shape index (κ3) is 2.02. The SMILES string of the molecule is C/C=C/c1ccc(OC)c(OC)c1Cl. The zero-order valence-corrected chi connectivity index (χ0v) is 9.26. The lowest BCUT2D eigenvalue weighted by molar-refractivity contribution is 0.355. The van der Waals surface area contributed by atoms with Crippen molar-refractivity contribution in [3.05, 3.63) is 28.8 Å². The van der Waals surface area contributed by atoms with Crippen LogP contribution in [0.1, 0.15) is 12.5 Å². The fourth-order valence-electron chi connectivity index (χ4n) is 1.21. The molecule has 1 rings (SSSR count). The third-order valence-electron chi connectivity index (χ3n) is 1.86. The van der Waals surface area contributed by atoms with Crippen LogP contribution in [0, 0.1) is 0 Å². The fraction of sp³-hybridized carbons (Fsp3) is 0.273. The molecule has 0 amide bonds. The van der Waals surface area contributed by atoms with Crippen LogP contribution in [0.4, 0.5) is 0 Å². The van der Waals surface area contributed by atoms with Crippen LogP contribution in [0.2, 0.25) is 5.02 Å². The van der Waals surface area contributed by atoms with Gasteiger partial charge in [0, 0.05) is 0 Å². The van der Waals surface area contributed by atoms with E-state index in [1.807, 2.05) is 31.2 Å². The lowest BCUT2D eigenvalue weighted by Crippen LogP contribution is -1.92. The lowest BCUT2D eigenvalue weighted by Gasteiger charge is -2.10. The van der Waals surface area contributed by atoms with Gasteiger partial charge in [-0.05, 0) is 24.6 Å². The van der Waals surface area contributed by atoms with Gasteiger partial charge < -0.3 is 9.47 Å². The first kappa shape index (κ1) is 10.9. The Morgan fingerprint density at radius 1 is 1.21 bits per heavy atom. The summed E-state index contributed by atoms with van der Waals surface area (Å²) in [5.74, 6) is 1.22. The Bertz CT molecular complexity index is 345. The molecule has 2 nitrogen and oxygen atoms in total. The summed E-state index contributed by atoms with van der Waals surface area (Å²) in [4.78, 5) is 0. The van der Waals surface area contributed by atoms with E-state index in [0.717, 1.165) is 5.56 Å². The van der Waals surface area contributed by atoms with E-state index in [-0.39, 0.29) is 0 Å². The van der Waals surface area contributed by atoms with Gasteiger partial charge in [-0.2, -0.15) is 0 Å². The van der Waals surface area contributed by atoms with Gasteiger partial charge in [0.2, 0.25) is 0 Å². The first-order chi connectivity index (χ1) is 6.74. The van der Waals surface area contributed by atoms with Crippen molar-refractivity contribution in [1.29, 1.82) is 0 Å². The van der Waals surface area contributed by atoms with Gasteiger partial charge in [-0.1, -0.05) is 23.8 Å². The van der Waals surface area contributed by atoms with E-state index in [0.29, 0.717) is 16.5 Å². The molecule has 3 heteroatoms. The highest BCUT2D eigenvalue weighted by atomic mass is 35.5. The molecule has 0 fully saturated rings. The van der Waals surface area contributed by atoms with Gasteiger partial charge in [-0.25, -0.2) is 0 Å². The van der Waals surface area contributed by atoms with Gasteiger partial charge >= 0.3 is 0 Å². The summed E-state index contributed by atoms with van der Waals surface area (Å²) in [6.45, 7) is 1.94. The quantitative estimate of drug-likeness (QED) is 0.765. The van der Waals surface area contributed by atoms with Crippen molar-refractivity contribution in [2.45, 2.75) is 6.92 Å². The normalized spacial score (nSPS) is 10.6. The van der Waals surface area contributed by atoms with Crippen molar-refractivity contribution in [2.24, 2.45) is 0 Å². The molecule has 76 valence electrons. The summed E-state index contributed by atoms with van der Waals surface area (Å²) in [5, 5.41) is 0.574. The second kappa shape index (κ2) is 4.91. The van der Waals surface area contributed by atoms with Crippen LogP contribution < -0.4 is 9.47 Å². The molecule has 0 aliphatic carbocycles. The molecule has 0 unspecified atom stereocenters. The van der Waals surface area contributed by atoms with Crippen LogP contribution in [0.25, 0.3) is 6.08 Å². The number of ether oxygens (including phenoxy) is 2. The Kier molecular flexibility index (Phi) is 3.84. The molecule has 1 aromatic carbocycles. The lowest BCUT2D eigenvalue weighted by atomic mass is 10.2. The number of halogens is 1. The Hall–Kier alpha value is -1.15. The molecule has 14 heavy (non-hydrogen) atoms. The molecule has 0 radical (unpaired) electrons. The molecule has 0 saturated heterocycles. The van der Waals surface area contributed by atoms with Crippen molar-refractivity contribution < 1.29 is 9.47 Å². The van der Waals surface area contributed by atoms with Crippen molar-refractivity contribution in [2.75, 3.05) is 14.2 Å². The number of hydrogen-bond donors (Lipinski definition) is 0. The minimum atomic E-state index is 0.574. The number of benzene rings is 1.